The van der Waals surface area contributed by atoms with E-state index in [1.165, 1.54) is 0 Å². The Morgan fingerprint density at radius 1 is 1.27 bits per heavy atom. The Bertz CT molecular complexity index is 867. The first-order valence-electron chi connectivity index (χ1n) is 8.67. The Labute approximate surface area is 151 Å². The minimum atomic E-state index is -0.179. The number of likely N-dealkylation sites (N-methyl/N-ethyl adjacent to an activating group) is 1. The lowest BCUT2D eigenvalue weighted by molar-refractivity contribution is 0.222. The van der Waals surface area contributed by atoms with E-state index in [0.29, 0.717) is 24.7 Å². The number of rotatable bonds is 6. The first kappa shape index (κ1) is 16.4. The third-order valence-electron chi connectivity index (χ3n) is 4.37. The van der Waals surface area contributed by atoms with Crippen LogP contribution in [0.3, 0.4) is 0 Å². The van der Waals surface area contributed by atoms with Crippen LogP contribution in [0.1, 0.15) is 30.5 Å². The zero-order chi connectivity index (χ0) is 17.9. The molecule has 0 bridgehead atoms. The molecule has 2 aromatic heterocycles. The van der Waals surface area contributed by atoms with Gasteiger partial charge in [0.2, 0.25) is 5.89 Å². The summed E-state index contributed by atoms with van der Waals surface area (Å²) < 4.78 is 10.6. The molecule has 0 atom stereocenters. The van der Waals surface area contributed by atoms with Crippen molar-refractivity contribution in [1.82, 2.24) is 15.0 Å². The molecule has 2 heterocycles. The summed E-state index contributed by atoms with van der Waals surface area (Å²) in [7, 11) is 1.74. The monoisotopic (exact) mass is 352 g/mol. The first-order valence-corrected chi connectivity index (χ1v) is 8.67. The molecule has 1 saturated carbocycles. The van der Waals surface area contributed by atoms with Gasteiger partial charge < -0.3 is 19.2 Å². The first-order chi connectivity index (χ1) is 12.7. The molecule has 1 fully saturated rings. The smallest absolute Gasteiger partial charge is 0.321 e. The molecule has 1 aliphatic rings. The summed E-state index contributed by atoms with van der Waals surface area (Å²) in [5, 5.41) is 6.85. The molecule has 1 aliphatic carbocycles. The molecular formula is C19H20N4O3. The fourth-order valence-electron chi connectivity index (χ4n) is 2.61. The molecule has 4 rings (SSSR count). The standard InChI is InChI=1S/C19H20N4O3/c1-23(11-10-17-21-18(26-22-17)14-4-5-14)19(24)20-15-8-6-13(7-9-15)16-3-2-12-25-16/h2-3,6-9,12,14H,4-5,10-11H2,1H3,(H,20,24). The average molecular weight is 352 g/mol. The molecule has 0 aliphatic heterocycles. The van der Waals surface area contributed by atoms with Crippen molar-refractivity contribution in [2.45, 2.75) is 25.2 Å². The number of benzene rings is 1. The highest BCUT2D eigenvalue weighted by Crippen LogP contribution is 2.38. The zero-order valence-corrected chi connectivity index (χ0v) is 14.5. The normalized spacial score (nSPS) is 13.6. The number of urea groups is 1. The minimum absolute atomic E-state index is 0.179. The fourth-order valence-corrected chi connectivity index (χ4v) is 2.61. The number of aromatic nitrogens is 2. The highest BCUT2D eigenvalue weighted by atomic mass is 16.5. The van der Waals surface area contributed by atoms with E-state index >= 15 is 0 Å². The lowest BCUT2D eigenvalue weighted by atomic mass is 10.1. The summed E-state index contributed by atoms with van der Waals surface area (Å²) in [6, 6.07) is 11.1. The van der Waals surface area contributed by atoms with Crippen molar-refractivity contribution in [3.8, 4) is 11.3 Å². The Morgan fingerprint density at radius 3 is 2.77 bits per heavy atom. The highest BCUT2D eigenvalue weighted by Gasteiger charge is 2.29. The van der Waals surface area contributed by atoms with Gasteiger partial charge in [0.05, 0.1) is 6.26 Å². The van der Waals surface area contributed by atoms with Crippen molar-refractivity contribution in [2.75, 3.05) is 18.9 Å². The lowest BCUT2D eigenvalue weighted by Crippen LogP contribution is -2.33. The molecule has 0 radical (unpaired) electrons. The average Bonchev–Trinajstić information content (AvgIpc) is 3.17. The van der Waals surface area contributed by atoms with Crippen molar-refractivity contribution in [3.63, 3.8) is 0 Å². The fraction of sp³-hybridized carbons (Fsp3) is 0.316. The molecular weight excluding hydrogens is 332 g/mol. The second-order valence-electron chi connectivity index (χ2n) is 6.48. The molecule has 0 saturated heterocycles. The Balaban J connectivity index is 1.29. The van der Waals surface area contributed by atoms with Gasteiger partial charge in [0.1, 0.15) is 5.76 Å². The number of carbonyl (C=O) groups is 1. The van der Waals surface area contributed by atoms with Gasteiger partial charge in [-0.2, -0.15) is 4.98 Å². The van der Waals surface area contributed by atoms with Gasteiger partial charge in [0, 0.05) is 37.2 Å². The van der Waals surface area contributed by atoms with Crippen LogP contribution in [-0.2, 0) is 6.42 Å². The van der Waals surface area contributed by atoms with E-state index in [4.69, 9.17) is 8.94 Å². The molecule has 0 unspecified atom stereocenters. The van der Waals surface area contributed by atoms with Crippen LogP contribution in [0.25, 0.3) is 11.3 Å². The third kappa shape index (κ3) is 3.77. The van der Waals surface area contributed by atoms with Crippen LogP contribution in [0.15, 0.2) is 51.6 Å². The number of amides is 2. The number of carbonyl (C=O) groups excluding carboxylic acids is 1. The molecule has 2 amide bonds. The van der Waals surface area contributed by atoms with Crippen molar-refractivity contribution in [2.24, 2.45) is 0 Å². The van der Waals surface area contributed by atoms with Crippen LogP contribution in [0.5, 0.6) is 0 Å². The van der Waals surface area contributed by atoms with Gasteiger partial charge in [0.15, 0.2) is 5.82 Å². The predicted octanol–water partition coefficient (Wildman–Crippen LogP) is 3.91. The maximum atomic E-state index is 12.3. The molecule has 1 N–H and O–H groups in total. The number of nitrogens with one attached hydrogen (secondary N) is 1. The van der Waals surface area contributed by atoms with Gasteiger partial charge in [-0.15, -0.1) is 0 Å². The number of anilines is 1. The van der Waals surface area contributed by atoms with Gasteiger partial charge in [-0.25, -0.2) is 4.79 Å². The second kappa shape index (κ2) is 7.03. The number of furan rings is 1. The third-order valence-corrected chi connectivity index (χ3v) is 4.37. The van der Waals surface area contributed by atoms with Gasteiger partial charge in [-0.1, -0.05) is 5.16 Å². The van der Waals surface area contributed by atoms with E-state index in [1.807, 2.05) is 36.4 Å². The maximum Gasteiger partial charge on any atom is 0.321 e. The SMILES string of the molecule is CN(CCc1noc(C2CC2)n1)C(=O)Nc1ccc(-c2ccco2)cc1. The van der Waals surface area contributed by atoms with Crippen LogP contribution in [-0.4, -0.2) is 34.7 Å². The van der Waals surface area contributed by atoms with E-state index in [9.17, 15) is 4.79 Å². The van der Waals surface area contributed by atoms with Crippen molar-refractivity contribution in [3.05, 3.63) is 54.4 Å². The van der Waals surface area contributed by atoms with E-state index in [1.54, 1.807) is 18.2 Å². The van der Waals surface area contributed by atoms with Gasteiger partial charge in [-0.05, 0) is 49.2 Å². The van der Waals surface area contributed by atoms with Gasteiger partial charge >= 0.3 is 6.03 Å². The number of hydrogen-bond donors (Lipinski definition) is 1. The van der Waals surface area contributed by atoms with Gasteiger partial charge in [-0.3, -0.25) is 0 Å². The predicted molar refractivity (Wildman–Crippen MR) is 95.8 cm³/mol. The Kier molecular flexibility index (Phi) is 4.43. The van der Waals surface area contributed by atoms with E-state index in [0.717, 1.165) is 35.7 Å². The second-order valence-corrected chi connectivity index (χ2v) is 6.48. The summed E-state index contributed by atoms with van der Waals surface area (Å²) in [4.78, 5) is 18.3. The topological polar surface area (TPSA) is 84.4 Å². The van der Waals surface area contributed by atoms with Crippen molar-refractivity contribution in [1.29, 1.82) is 0 Å². The van der Waals surface area contributed by atoms with Crippen molar-refractivity contribution >= 4 is 11.7 Å². The molecule has 0 spiro atoms. The molecule has 1 aromatic carbocycles. The summed E-state index contributed by atoms with van der Waals surface area (Å²) in [6.45, 7) is 0.514. The molecule has 26 heavy (non-hydrogen) atoms. The van der Waals surface area contributed by atoms with Crippen LogP contribution in [0.2, 0.25) is 0 Å². The van der Waals surface area contributed by atoms with Crippen LogP contribution in [0.4, 0.5) is 10.5 Å². The quantitative estimate of drug-likeness (QED) is 0.727. The Hall–Kier alpha value is -3.09. The van der Waals surface area contributed by atoms with Crippen LogP contribution >= 0.6 is 0 Å². The summed E-state index contributed by atoms with van der Waals surface area (Å²) in [5.41, 5.74) is 1.69. The van der Waals surface area contributed by atoms with Crippen LogP contribution < -0.4 is 5.32 Å². The zero-order valence-electron chi connectivity index (χ0n) is 14.5. The molecule has 3 aromatic rings. The van der Waals surface area contributed by atoms with Crippen LogP contribution in [0, 0.1) is 0 Å². The summed E-state index contributed by atoms with van der Waals surface area (Å²) in [6.07, 6.45) is 4.46. The van der Waals surface area contributed by atoms with Gasteiger partial charge in [0.25, 0.3) is 0 Å². The van der Waals surface area contributed by atoms with E-state index < -0.39 is 0 Å². The maximum absolute atomic E-state index is 12.3. The minimum Gasteiger partial charge on any atom is -0.464 e. The number of nitrogens with zero attached hydrogens (tertiary/aromatic N) is 3. The highest BCUT2D eigenvalue weighted by molar-refractivity contribution is 5.89. The number of hydrogen-bond acceptors (Lipinski definition) is 5. The Morgan fingerprint density at radius 2 is 2.08 bits per heavy atom. The molecule has 7 nitrogen and oxygen atoms in total. The van der Waals surface area contributed by atoms with E-state index in [2.05, 4.69) is 15.5 Å². The summed E-state index contributed by atoms with van der Waals surface area (Å²) >= 11 is 0. The largest absolute Gasteiger partial charge is 0.464 e. The molecule has 7 heteroatoms. The molecule has 134 valence electrons. The van der Waals surface area contributed by atoms with E-state index in [-0.39, 0.29) is 6.03 Å². The lowest BCUT2D eigenvalue weighted by Gasteiger charge is -2.17. The van der Waals surface area contributed by atoms with Crippen molar-refractivity contribution < 1.29 is 13.7 Å². The summed E-state index contributed by atoms with van der Waals surface area (Å²) in [5.74, 6) is 2.62.